The smallest absolute Gasteiger partial charge is 0.322 e. The molecule has 4 rings (SSSR count). The SMILES string of the molecule is O=C(Nc1cccc2ccccc12)N(Cc1ccncc1)C[C@H]1CCCO1. The molecule has 5 heteroatoms. The maximum absolute atomic E-state index is 13.1. The van der Waals surface area contributed by atoms with Crippen LogP contribution in [-0.4, -0.2) is 35.2 Å². The summed E-state index contributed by atoms with van der Waals surface area (Å²) in [5, 5.41) is 5.24. The van der Waals surface area contributed by atoms with Crippen molar-refractivity contribution >= 4 is 22.5 Å². The Bertz CT molecular complexity index is 902. The van der Waals surface area contributed by atoms with Crippen molar-refractivity contribution in [2.24, 2.45) is 0 Å². The molecule has 1 N–H and O–H groups in total. The monoisotopic (exact) mass is 361 g/mol. The number of urea groups is 1. The number of amides is 2. The van der Waals surface area contributed by atoms with Gasteiger partial charge in [-0.3, -0.25) is 4.98 Å². The molecule has 0 aliphatic carbocycles. The van der Waals surface area contributed by atoms with Crippen molar-refractivity contribution in [3.8, 4) is 0 Å². The molecular weight excluding hydrogens is 338 g/mol. The minimum absolute atomic E-state index is 0.102. The third kappa shape index (κ3) is 4.26. The molecule has 1 aliphatic rings. The predicted molar refractivity (Wildman–Crippen MR) is 107 cm³/mol. The number of hydrogen-bond acceptors (Lipinski definition) is 3. The summed E-state index contributed by atoms with van der Waals surface area (Å²) in [7, 11) is 0. The maximum atomic E-state index is 13.1. The highest BCUT2D eigenvalue weighted by Gasteiger charge is 2.23. The first kappa shape index (κ1) is 17.5. The number of nitrogens with zero attached hydrogens (tertiary/aromatic N) is 2. The van der Waals surface area contributed by atoms with Gasteiger partial charge in [-0.25, -0.2) is 4.79 Å². The fraction of sp³-hybridized carbons (Fsp3) is 0.273. The molecule has 138 valence electrons. The van der Waals surface area contributed by atoms with Crippen LogP contribution in [0.5, 0.6) is 0 Å². The van der Waals surface area contributed by atoms with Gasteiger partial charge in [-0.2, -0.15) is 0 Å². The van der Waals surface area contributed by atoms with E-state index in [9.17, 15) is 4.79 Å². The highest BCUT2D eigenvalue weighted by atomic mass is 16.5. The number of nitrogens with one attached hydrogen (secondary N) is 1. The van der Waals surface area contributed by atoms with E-state index in [0.29, 0.717) is 13.1 Å². The van der Waals surface area contributed by atoms with Crippen molar-refractivity contribution in [2.45, 2.75) is 25.5 Å². The van der Waals surface area contributed by atoms with Gasteiger partial charge >= 0.3 is 6.03 Å². The van der Waals surface area contributed by atoms with Crippen molar-refractivity contribution in [3.05, 3.63) is 72.6 Å². The highest BCUT2D eigenvalue weighted by Crippen LogP contribution is 2.24. The van der Waals surface area contributed by atoms with Gasteiger partial charge in [0.05, 0.1) is 11.8 Å². The zero-order valence-corrected chi connectivity index (χ0v) is 15.2. The fourth-order valence-corrected chi connectivity index (χ4v) is 3.49. The molecule has 1 aliphatic heterocycles. The zero-order valence-electron chi connectivity index (χ0n) is 15.2. The number of fused-ring (bicyclic) bond motifs is 1. The lowest BCUT2D eigenvalue weighted by Crippen LogP contribution is -2.39. The van der Waals surface area contributed by atoms with E-state index in [4.69, 9.17) is 4.74 Å². The number of ether oxygens (including phenoxy) is 1. The average molecular weight is 361 g/mol. The van der Waals surface area contributed by atoms with Gasteiger partial charge in [0.2, 0.25) is 0 Å². The second-order valence-electron chi connectivity index (χ2n) is 6.83. The molecule has 0 spiro atoms. The van der Waals surface area contributed by atoms with E-state index in [1.54, 1.807) is 12.4 Å². The molecule has 5 nitrogen and oxygen atoms in total. The minimum atomic E-state index is -0.112. The Morgan fingerprint density at radius 1 is 1.11 bits per heavy atom. The first-order chi connectivity index (χ1) is 13.3. The van der Waals surface area contributed by atoms with Crippen molar-refractivity contribution in [1.29, 1.82) is 0 Å². The Kier molecular flexibility index (Phi) is 5.30. The number of carbonyl (C=O) groups is 1. The van der Waals surface area contributed by atoms with Crippen LogP contribution in [0.25, 0.3) is 10.8 Å². The summed E-state index contributed by atoms with van der Waals surface area (Å²) in [5.74, 6) is 0. The predicted octanol–water partition coefficient (Wildman–Crippen LogP) is 4.45. The lowest BCUT2D eigenvalue weighted by Gasteiger charge is -2.26. The van der Waals surface area contributed by atoms with Crippen LogP contribution >= 0.6 is 0 Å². The van der Waals surface area contributed by atoms with E-state index in [0.717, 1.165) is 41.5 Å². The molecule has 2 aromatic carbocycles. The topological polar surface area (TPSA) is 54.5 Å². The standard InChI is InChI=1S/C22H23N3O2/c26-22(24-21-9-3-6-18-5-1-2-8-20(18)21)25(16-19-7-4-14-27-19)15-17-10-12-23-13-11-17/h1-3,5-6,8-13,19H,4,7,14-16H2,(H,24,26)/t19-/m1/s1. The Labute approximate surface area is 159 Å². The quantitative estimate of drug-likeness (QED) is 0.730. The highest BCUT2D eigenvalue weighted by molar-refractivity contribution is 6.01. The van der Waals surface area contributed by atoms with Crippen molar-refractivity contribution in [1.82, 2.24) is 9.88 Å². The molecule has 27 heavy (non-hydrogen) atoms. The Morgan fingerprint density at radius 3 is 2.74 bits per heavy atom. The van der Waals surface area contributed by atoms with Gasteiger partial charge in [0.15, 0.2) is 0 Å². The summed E-state index contributed by atoms with van der Waals surface area (Å²) in [4.78, 5) is 19.0. The molecule has 1 atom stereocenters. The number of hydrogen-bond donors (Lipinski definition) is 1. The largest absolute Gasteiger partial charge is 0.376 e. The van der Waals surface area contributed by atoms with Crippen LogP contribution in [0.4, 0.5) is 10.5 Å². The van der Waals surface area contributed by atoms with Crippen LogP contribution in [0.1, 0.15) is 18.4 Å². The normalized spacial score (nSPS) is 16.4. The summed E-state index contributed by atoms with van der Waals surface area (Å²) in [6, 6.07) is 17.8. The van der Waals surface area contributed by atoms with E-state index in [1.807, 2.05) is 59.5 Å². The number of aromatic nitrogens is 1. The summed E-state index contributed by atoms with van der Waals surface area (Å²) in [6.07, 6.45) is 5.66. The van der Waals surface area contributed by atoms with Crippen molar-refractivity contribution in [3.63, 3.8) is 0 Å². The van der Waals surface area contributed by atoms with Gasteiger partial charge in [-0.05, 0) is 42.0 Å². The lowest BCUT2D eigenvalue weighted by atomic mass is 10.1. The van der Waals surface area contributed by atoms with Crippen LogP contribution in [0, 0.1) is 0 Å². The van der Waals surface area contributed by atoms with Crippen LogP contribution < -0.4 is 5.32 Å². The van der Waals surface area contributed by atoms with Crippen molar-refractivity contribution < 1.29 is 9.53 Å². The summed E-state index contributed by atoms with van der Waals surface area (Å²) >= 11 is 0. The first-order valence-corrected chi connectivity index (χ1v) is 9.34. The summed E-state index contributed by atoms with van der Waals surface area (Å²) in [6.45, 7) is 1.89. The summed E-state index contributed by atoms with van der Waals surface area (Å²) in [5.41, 5.74) is 1.88. The molecule has 1 aromatic heterocycles. The Balaban J connectivity index is 1.55. The van der Waals surface area contributed by atoms with Crippen molar-refractivity contribution in [2.75, 3.05) is 18.5 Å². The van der Waals surface area contributed by atoms with E-state index in [2.05, 4.69) is 10.3 Å². The molecule has 0 saturated carbocycles. The molecule has 0 radical (unpaired) electrons. The van der Waals surface area contributed by atoms with Gasteiger partial charge in [-0.15, -0.1) is 0 Å². The second kappa shape index (κ2) is 8.18. The zero-order chi connectivity index (χ0) is 18.5. The van der Waals surface area contributed by atoms with Gasteiger partial charge in [0.25, 0.3) is 0 Å². The van der Waals surface area contributed by atoms with Crippen LogP contribution in [0.2, 0.25) is 0 Å². The van der Waals surface area contributed by atoms with Gasteiger partial charge in [0, 0.05) is 37.5 Å². The molecule has 0 bridgehead atoms. The number of anilines is 1. The molecule has 0 unspecified atom stereocenters. The second-order valence-corrected chi connectivity index (χ2v) is 6.83. The molecule has 2 amide bonds. The summed E-state index contributed by atoms with van der Waals surface area (Å²) < 4.78 is 5.76. The van der Waals surface area contributed by atoms with E-state index >= 15 is 0 Å². The van der Waals surface area contributed by atoms with E-state index in [-0.39, 0.29) is 12.1 Å². The van der Waals surface area contributed by atoms with E-state index in [1.165, 1.54) is 0 Å². The number of carbonyl (C=O) groups excluding carboxylic acids is 1. The van der Waals surface area contributed by atoms with Crippen LogP contribution in [-0.2, 0) is 11.3 Å². The molecule has 1 fully saturated rings. The molecule has 1 saturated heterocycles. The van der Waals surface area contributed by atoms with Crippen LogP contribution in [0.15, 0.2) is 67.0 Å². The van der Waals surface area contributed by atoms with Gasteiger partial charge < -0.3 is 15.0 Å². The Hall–Kier alpha value is -2.92. The van der Waals surface area contributed by atoms with Gasteiger partial charge in [0.1, 0.15) is 0 Å². The van der Waals surface area contributed by atoms with Gasteiger partial charge in [-0.1, -0.05) is 36.4 Å². The first-order valence-electron chi connectivity index (χ1n) is 9.34. The maximum Gasteiger partial charge on any atom is 0.322 e. The molecule has 2 heterocycles. The number of pyridine rings is 1. The third-order valence-corrected chi connectivity index (χ3v) is 4.89. The number of rotatable bonds is 5. The fourth-order valence-electron chi connectivity index (χ4n) is 3.49. The number of benzene rings is 2. The average Bonchev–Trinajstić information content (AvgIpc) is 3.22. The van der Waals surface area contributed by atoms with E-state index < -0.39 is 0 Å². The molecular formula is C22H23N3O2. The Morgan fingerprint density at radius 2 is 1.93 bits per heavy atom. The molecule has 3 aromatic rings. The third-order valence-electron chi connectivity index (χ3n) is 4.89. The minimum Gasteiger partial charge on any atom is -0.376 e. The van der Waals surface area contributed by atoms with Crippen LogP contribution in [0.3, 0.4) is 0 Å². The lowest BCUT2D eigenvalue weighted by molar-refractivity contribution is 0.0819.